The lowest BCUT2D eigenvalue weighted by atomic mass is 9.94. The van der Waals surface area contributed by atoms with Crippen LogP contribution in [0.2, 0.25) is 0 Å². The SMILES string of the molecule is C[C@@H]1CC(=O)Nc2cc(CC(F)(F)F)cc(-c3cccc4cc(-c5ccc(C(=O)NCCC#Cc6cccc7c6CN(C6CCC(=O)NC6=O)C7=O)nc5)ncc34)c2N1. The number of nitrogens with one attached hydrogen (secondary N) is 4. The topological polar surface area (TPSA) is 162 Å². The second-order valence-corrected chi connectivity index (χ2v) is 14.7. The molecule has 2 aromatic heterocycles. The van der Waals surface area contributed by atoms with E-state index in [0.717, 1.165) is 10.9 Å². The molecule has 5 aromatic rings. The summed E-state index contributed by atoms with van der Waals surface area (Å²) in [5.41, 5.74) is 5.24. The largest absolute Gasteiger partial charge is 0.393 e. The number of rotatable bonds is 7. The minimum Gasteiger partial charge on any atom is -0.380 e. The molecule has 1 saturated heterocycles. The zero-order chi connectivity index (χ0) is 41.4. The Morgan fingerprint density at radius 1 is 0.932 bits per heavy atom. The lowest BCUT2D eigenvalue weighted by Gasteiger charge is -2.29. The van der Waals surface area contributed by atoms with Crippen LogP contribution in [0.15, 0.2) is 79.1 Å². The molecule has 0 radical (unpaired) electrons. The number of anilines is 2. The fraction of sp³-hybridized carbons (Fsp3) is 0.250. The van der Waals surface area contributed by atoms with Gasteiger partial charge in [0.2, 0.25) is 17.7 Å². The first kappa shape index (κ1) is 38.8. The lowest BCUT2D eigenvalue weighted by molar-refractivity contribution is -0.137. The van der Waals surface area contributed by atoms with Gasteiger partial charge in [-0.2, -0.15) is 13.2 Å². The van der Waals surface area contributed by atoms with Crippen molar-refractivity contribution in [1.29, 1.82) is 0 Å². The first-order valence-electron chi connectivity index (χ1n) is 19.0. The molecule has 3 aliphatic heterocycles. The van der Waals surface area contributed by atoms with Crippen LogP contribution in [0.4, 0.5) is 24.5 Å². The average Bonchev–Trinajstić information content (AvgIpc) is 3.45. The minimum atomic E-state index is -4.45. The highest BCUT2D eigenvalue weighted by Gasteiger charge is 2.39. The van der Waals surface area contributed by atoms with E-state index in [9.17, 15) is 37.1 Å². The molecular weight excluding hydrogens is 764 g/mol. The normalized spacial score (nSPS) is 17.5. The monoisotopic (exact) mass is 799 g/mol. The second-order valence-electron chi connectivity index (χ2n) is 14.7. The molecule has 298 valence electrons. The Bertz CT molecular complexity index is 2630. The number of pyridine rings is 2. The molecule has 5 heterocycles. The molecule has 2 atom stereocenters. The number of benzene rings is 3. The summed E-state index contributed by atoms with van der Waals surface area (Å²) in [5, 5.41) is 12.7. The van der Waals surface area contributed by atoms with Crippen molar-refractivity contribution in [3.05, 3.63) is 107 Å². The van der Waals surface area contributed by atoms with E-state index in [1.54, 1.807) is 36.5 Å². The maximum Gasteiger partial charge on any atom is 0.393 e. The summed E-state index contributed by atoms with van der Waals surface area (Å²) in [7, 11) is 0. The van der Waals surface area contributed by atoms with E-state index in [0.29, 0.717) is 51.0 Å². The minimum absolute atomic E-state index is 0.0167. The Kier molecular flexibility index (Phi) is 10.3. The third-order valence-corrected chi connectivity index (χ3v) is 10.4. The summed E-state index contributed by atoms with van der Waals surface area (Å²) in [4.78, 5) is 73.0. The van der Waals surface area contributed by atoms with Crippen molar-refractivity contribution in [2.45, 2.75) is 63.8 Å². The van der Waals surface area contributed by atoms with E-state index in [4.69, 9.17) is 0 Å². The number of nitrogens with zero attached hydrogens (tertiary/aromatic N) is 3. The van der Waals surface area contributed by atoms with Gasteiger partial charge in [0.05, 0.1) is 23.5 Å². The lowest BCUT2D eigenvalue weighted by Crippen LogP contribution is -2.52. The number of piperidine rings is 1. The van der Waals surface area contributed by atoms with Crippen LogP contribution in [-0.2, 0) is 27.3 Å². The van der Waals surface area contributed by atoms with Gasteiger partial charge in [0.1, 0.15) is 11.7 Å². The number of hydrogen-bond acceptors (Lipinski definition) is 8. The van der Waals surface area contributed by atoms with Crippen molar-refractivity contribution in [3.63, 3.8) is 0 Å². The summed E-state index contributed by atoms with van der Waals surface area (Å²) in [6.45, 7) is 2.29. The molecular formula is C44H36F3N7O5. The molecule has 15 heteroatoms. The number of aromatic nitrogens is 2. The zero-order valence-electron chi connectivity index (χ0n) is 31.6. The van der Waals surface area contributed by atoms with Crippen LogP contribution in [0, 0.1) is 11.8 Å². The predicted octanol–water partition coefficient (Wildman–Crippen LogP) is 6.14. The summed E-state index contributed by atoms with van der Waals surface area (Å²) >= 11 is 0. The van der Waals surface area contributed by atoms with Crippen molar-refractivity contribution >= 4 is 51.7 Å². The predicted molar refractivity (Wildman–Crippen MR) is 213 cm³/mol. The highest BCUT2D eigenvalue weighted by atomic mass is 19.4. The summed E-state index contributed by atoms with van der Waals surface area (Å²) in [6.07, 6.45) is -1.50. The van der Waals surface area contributed by atoms with Gasteiger partial charge < -0.3 is 20.9 Å². The van der Waals surface area contributed by atoms with Crippen LogP contribution in [0.25, 0.3) is 33.2 Å². The standard InChI is InChI=1S/C44H36F3N7O5/c1-24-16-39(56)52-36-18-25(20-44(45,46)47)17-31(40(36)51-24)29-9-5-8-27-19-35(50-22-32(27)29)28-11-12-34(49-21-28)41(57)48-15-3-2-6-26-7-4-10-30-33(26)23-54(43(30)59)37-13-14-38(55)53-42(37)58/h4-5,7-12,17-19,21-22,24,37,51H,3,13-16,20,23H2,1H3,(H,48,57)(H,52,56)(H,53,55,58)/t24-,37?/m1/s1. The van der Waals surface area contributed by atoms with E-state index in [2.05, 4.69) is 43.1 Å². The summed E-state index contributed by atoms with van der Waals surface area (Å²) < 4.78 is 40.6. The fourth-order valence-electron chi connectivity index (χ4n) is 7.71. The summed E-state index contributed by atoms with van der Waals surface area (Å²) in [5.74, 6) is 4.33. The third-order valence-electron chi connectivity index (χ3n) is 10.4. The zero-order valence-corrected chi connectivity index (χ0v) is 31.6. The molecule has 0 bridgehead atoms. The van der Waals surface area contributed by atoms with Gasteiger partial charge >= 0.3 is 6.18 Å². The molecule has 12 nitrogen and oxygen atoms in total. The Morgan fingerprint density at radius 2 is 1.75 bits per heavy atom. The number of alkyl halides is 3. The molecule has 0 saturated carbocycles. The molecule has 3 aliphatic rings. The van der Waals surface area contributed by atoms with Crippen LogP contribution >= 0.6 is 0 Å². The maximum atomic E-state index is 13.5. The molecule has 1 unspecified atom stereocenters. The van der Waals surface area contributed by atoms with E-state index in [1.165, 1.54) is 23.2 Å². The van der Waals surface area contributed by atoms with Gasteiger partial charge in [-0.05, 0) is 77.9 Å². The average molecular weight is 800 g/mol. The van der Waals surface area contributed by atoms with Gasteiger partial charge in [-0.3, -0.25) is 39.3 Å². The Labute approximate surface area is 336 Å². The number of halogens is 3. The number of hydrogen-bond donors (Lipinski definition) is 4. The molecule has 5 amide bonds. The van der Waals surface area contributed by atoms with Crippen molar-refractivity contribution < 1.29 is 37.1 Å². The number of carbonyl (C=O) groups is 5. The van der Waals surface area contributed by atoms with Crippen molar-refractivity contribution in [2.24, 2.45) is 0 Å². The molecule has 59 heavy (non-hydrogen) atoms. The fourth-order valence-corrected chi connectivity index (χ4v) is 7.71. The van der Waals surface area contributed by atoms with Crippen LogP contribution in [-0.4, -0.2) is 69.2 Å². The number of fused-ring (bicyclic) bond motifs is 3. The quantitative estimate of drug-likeness (QED) is 0.0867. The highest BCUT2D eigenvalue weighted by molar-refractivity contribution is 6.07. The molecule has 4 N–H and O–H groups in total. The van der Waals surface area contributed by atoms with Gasteiger partial charge in [0.25, 0.3) is 11.8 Å². The highest BCUT2D eigenvalue weighted by Crippen LogP contribution is 2.42. The number of carbonyl (C=O) groups excluding carboxylic acids is 5. The summed E-state index contributed by atoms with van der Waals surface area (Å²) in [6, 6.07) is 17.8. The molecule has 0 spiro atoms. The van der Waals surface area contributed by atoms with Crippen molar-refractivity contribution in [1.82, 2.24) is 25.5 Å². The van der Waals surface area contributed by atoms with E-state index in [-0.39, 0.29) is 73.1 Å². The first-order chi connectivity index (χ1) is 28.3. The molecule has 8 rings (SSSR count). The van der Waals surface area contributed by atoms with Crippen molar-refractivity contribution in [2.75, 3.05) is 17.2 Å². The van der Waals surface area contributed by atoms with Gasteiger partial charge in [-0.15, -0.1) is 0 Å². The van der Waals surface area contributed by atoms with Gasteiger partial charge in [-0.25, -0.2) is 0 Å². The van der Waals surface area contributed by atoms with Gasteiger partial charge in [-0.1, -0.05) is 36.1 Å². The Morgan fingerprint density at radius 3 is 2.53 bits per heavy atom. The molecule has 1 fully saturated rings. The second kappa shape index (κ2) is 15.7. The van der Waals surface area contributed by atoms with Crippen molar-refractivity contribution in [3.8, 4) is 34.2 Å². The van der Waals surface area contributed by atoms with E-state index >= 15 is 0 Å². The number of imide groups is 1. The van der Waals surface area contributed by atoms with Crippen LogP contribution in [0.1, 0.15) is 70.1 Å². The van der Waals surface area contributed by atoms with E-state index in [1.807, 2.05) is 31.2 Å². The number of amides is 5. The first-order valence-corrected chi connectivity index (χ1v) is 19.0. The van der Waals surface area contributed by atoms with Crippen LogP contribution < -0.4 is 21.3 Å². The molecule has 0 aliphatic carbocycles. The van der Waals surface area contributed by atoms with Crippen LogP contribution in [0.5, 0.6) is 0 Å². The van der Waals surface area contributed by atoms with E-state index < -0.39 is 30.5 Å². The third kappa shape index (κ3) is 8.20. The molecule has 3 aromatic carbocycles. The van der Waals surface area contributed by atoms with Crippen LogP contribution in [0.3, 0.4) is 0 Å². The van der Waals surface area contributed by atoms with Gasteiger partial charge in [0, 0.05) is 78.4 Å². The Hall–Kier alpha value is -7.08. The Balaban J connectivity index is 0.937. The smallest absolute Gasteiger partial charge is 0.380 e. The maximum absolute atomic E-state index is 13.5. The van der Waals surface area contributed by atoms with Gasteiger partial charge in [0.15, 0.2) is 0 Å².